The topological polar surface area (TPSA) is 184 Å². The van der Waals surface area contributed by atoms with Crippen LogP contribution in [0.15, 0.2) is 122 Å². The number of aromatic amines is 2. The Hall–Kier alpha value is -7.42. The van der Waals surface area contributed by atoms with Crippen molar-refractivity contribution in [3.05, 3.63) is 144 Å². The molecule has 3 heterocycles. The van der Waals surface area contributed by atoms with Crippen molar-refractivity contribution in [3.63, 3.8) is 0 Å². The summed E-state index contributed by atoms with van der Waals surface area (Å²) in [4.78, 5) is 71.9. The van der Waals surface area contributed by atoms with Gasteiger partial charge in [0.1, 0.15) is 35.2 Å². The summed E-state index contributed by atoms with van der Waals surface area (Å²) in [5.41, 5.74) is 4.67. The highest BCUT2D eigenvalue weighted by Crippen LogP contribution is 2.35. The number of methoxy groups -OCH3 is 2. The van der Waals surface area contributed by atoms with E-state index in [1.807, 2.05) is 98.8 Å². The van der Waals surface area contributed by atoms with Gasteiger partial charge < -0.3 is 44.6 Å². The SMILES string of the molecule is CCCN(C(=O)[C@H](NC(=O)OC)c1ccccc1)[C@@H](C)c1ncc(-c2ccc(Oc3ccc(-c4cnc([C@@H]5CCCN5C(=O)[C@H](NC(=O)OC)c5ccccc5)[nH]4)cc3)cc2)[nH]1. The Morgan fingerprint density at radius 1 is 0.742 bits per heavy atom. The van der Waals surface area contributed by atoms with Gasteiger partial charge in [0.2, 0.25) is 0 Å². The summed E-state index contributed by atoms with van der Waals surface area (Å²) >= 11 is 0. The van der Waals surface area contributed by atoms with Crippen molar-refractivity contribution in [2.24, 2.45) is 0 Å². The zero-order chi connectivity index (χ0) is 43.6. The predicted molar refractivity (Wildman–Crippen MR) is 232 cm³/mol. The lowest BCUT2D eigenvalue weighted by molar-refractivity contribution is -0.136. The highest BCUT2D eigenvalue weighted by atomic mass is 16.5. The smallest absolute Gasteiger partial charge is 0.407 e. The van der Waals surface area contributed by atoms with Crippen molar-refractivity contribution in [3.8, 4) is 34.0 Å². The number of likely N-dealkylation sites (tertiary alicyclic amines) is 1. The number of amides is 4. The molecule has 15 nitrogen and oxygen atoms in total. The second kappa shape index (κ2) is 19.8. The number of alkyl carbamates (subject to hydrolysis) is 2. The van der Waals surface area contributed by atoms with Gasteiger partial charge in [-0.15, -0.1) is 0 Å². The van der Waals surface area contributed by atoms with Crippen LogP contribution < -0.4 is 15.4 Å². The summed E-state index contributed by atoms with van der Waals surface area (Å²) in [5, 5.41) is 5.40. The van der Waals surface area contributed by atoms with Crippen molar-refractivity contribution in [2.75, 3.05) is 27.3 Å². The number of aromatic nitrogens is 4. The number of hydrogen-bond acceptors (Lipinski definition) is 9. The molecule has 1 fully saturated rings. The highest BCUT2D eigenvalue weighted by molar-refractivity contribution is 5.88. The zero-order valence-corrected chi connectivity index (χ0v) is 35.0. The van der Waals surface area contributed by atoms with Crippen molar-refractivity contribution in [2.45, 2.75) is 57.3 Å². The number of carbonyl (C=O) groups is 4. The van der Waals surface area contributed by atoms with Crippen molar-refractivity contribution in [1.29, 1.82) is 0 Å². The predicted octanol–water partition coefficient (Wildman–Crippen LogP) is 8.42. The first-order valence-corrected chi connectivity index (χ1v) is 20.6. The van der Waals surface area contributed by atoms with Crippen LogP contribution in [0.1, 0.15) is 80.1 Å². The van der Waals surface area contributed by atoms with Crippen LogP contribution >= 0.6 is 0 Å². The molecule has 0 radical (unpaired) electrons. The Morgan fingerprint density at radius 2 is 1.27 bits per heavy atom. The van der Waals surface area contributed by atoms with Crippen LogP contribution in [-0.2, 0) is 19.1 Å². The van der Waals surface area contributed by atoms with Crippen LogP contribution in [0.3, 0.4) is 0 Å². The first-order valence-electron chi connectivity index (χ1n) is 20.6. The van der Waals surface area contributed by atoms with E-state index < -0.39 is 30.3 Å². The molecule has 0 aliphatic carbocycles. The summed E-state index contributed by atoms with van der Waals surface area (Å²) in [5.74, 6) is 2.07. The van der Waals surface area contributed by atoms with Crippen LogP contribution in [0.25, 0.3) is 22.5 Å². The fraction of sp³-hybridized carbons (Fsp3) is 0.277. The Labute approximate surface area is 359 Å². The Balaban J connectivity index is 0.986. The summed E-state index contributed by atoms with van der Waals surface area (Å²) in [7, 11) is 2.54. The molecule has 0 unspecified atom stereocenters. The standard InChI is InChI=1S/C47H50N8O7/c1-5-26-54(44(56)40(52-46(58)60-3)33-13-8-6-9-14-33)30(2)42-48-28-37(50-42)31-18-22-35(23-19-31)62-36-24-20-32(21-25-36)38-29-49-43(51-38)39-17-12-27-55(39)45(57)41(53-47(59)61-4)34-15-10-7-11-16-34/h6-11,13-16,18-25,28-30,39-41H,5,12,17,26-27H2,1-4H3,(H,48,50)(H,49,51)(H,52,58)(H,53,59)/t30-,39-,40+,41+/m0/s1. The minimum Gasteiger partial charge on any atom is -0.457 e. The summed E-state index contributed by atoms with van der Waals surface area (Å²) in [6, 6.07) is 31.0. The number of rotatable bonds is 15. The van der Waals surface area contributed by atoms with Crippen molar-refractivity contribution < 1.29 is 33.4 Å². The average Bonchev–Trinajstić information content (AvgIpc) is 4.12. The first kappa shape index (κ1) is 42.7. The molecule has 4 amide bonds. The van der Waals surface area contributed by atoms with Gasteiger partial charge in [0, 0.05) is 13.1 Å². The third-order valence-electron chi connectivity index (χ3n) is 10.9. The molecule has 4 N–H and O–H groups in total. The lowest BCUT2D eigenvalue weighted by Gasteiger charge is -2.31. The van der Waals surface area contributed by atoms with Gasteiger partial charge in [-0.3, -0.25) is 9.59 Å². The molecule has 0 saturated carbocycles. The van der Waals surface area contributed by atoms with Gasteiger partial charge in [-0.25, -0.2) is 19.6 Å². The first-order chi connectivity index (χ1) is 30.2. The maximum Gasteiger partial charge on any atom is 0.407 e. The number of benzene rings is 4. The molecule has 1 saturated heterocycles. The lowest BCUT2D eigenvalue weighted by Crippen LogP contribution is -2.44. The molecule has 0 spiro atoms. The van der Waals surface area contributed by atoms with E-state index in [0.29, 0.717) is 53.8 Å². The molecule has 62 heavy (non-hydrogen) atoms. The van der Waals surface area contributed by atoms with Crippen LogP contribution in [0.5, 0.6) is 11.5 Å². The molecule has 6 aromatic rings. The van der Waals surface area contributed by atoms with Gasteiger partial charge in [0.15, 0.2) is 0 Å². The minimum atomic E-state index is -0.931. The number of imidazole rings is 2. The molecular formula is C47H50N8O7. The number of hydrogen-bond donors (Lipinski definition) is 4. The van der Waals surface area contributed by atoms with E-state index in [9.17, 15) is 19.2 Å². The molecule has 15 heteroatoms. The molecular weight excluding hydrogens is 789 g/mol. The van der Waals surface area contributed by atoms with E-state index in [1.165, 1.54) is 14.2 Å². The fourth-order valence-corrected chi connectivity index (χ4v) is 7.64. The number of ether oxygens (including phenoxy) is 3. The number of nitrogens with one attached hydrogen (secondary N) is 4. The monoisotopic (exact) mass is 838 g/mol. The maximum atomic E-state index is 14.0. The second-order valence-electron chi connectivity index (χ2n) is 14.9. The quantitative estimate of drug-likeness (QED) is 0.0789. The zero-order valence-electron chi connectivity index (χ0n) is 35.0. The molecule has 1 aliphatic rings. The Kier molecular flexibility index (Phi) is 13.6. The van der Waals surface area contributed by atoms with Gasteiger partial charge in [-0.05, 0) is 97.0 Å². The molecule has 7 rings (SSSR count). The minimum absolute atomic E-state index is 0.229. The van der Waals surface area contributed by atoms with Gasteiger partial charge in [-0.1, -0.05) is 67.6 Å². The largest absolute Gasteiger partial charge is 0.457 e. The van der Waals surface area contributed by atoms with E-state index in [0.717, 1.165) is 35.4 Å². The molecule has 4 atom stereocenters. The fourth-order valence-electron chi connectivity index (χ4n) is 7.64. The van der Waals surface area contributed by atoms with Crippen LogP contribution in [-0.4, -0.2) is 81.0 Å². The lowest BCUT2D eigenvalue weighted by atomic mass is 10.0. The maximum absolute atomic E-state index is 14.0. The summed E-state index contributed by atoms with van der Waals surface area (Å²) < 4.78 is 15.8. The van der Waals surface area contributed by atoms with Gasteiger partial charge in [-0.2, -0.15) is 0 Å². The van der Waals surface area contributed by atoms with E-state index in [1.54, 1.807) is 46.5 Å². The molecule has 0 bridgehead atoms. The van der Waals surface area contributed by atoms with E-state index >= 15 is 0 Å². The van der Waals surface area contributed by atoms with Crippen molar-refractivity contribution >= 4 is 24.0 Å². The van der Waals surface area contributed by atoms with Crippen LogP contribution in [0, 0.1) is 0 Å². The Bertz CT molecular complexity index is 2440. The number of carbonyl (C=O) groups excluding carboxylic acids is 4. The number of nitrogens with zero attached hydrogens (tertiary/aromatic N) is 4. The van der Waals surface area contributed by atoms with Crippen molar-refractivity contribution in [1.82, 2.24) is 40.4 Å². The highest BCUT2D eigenvalue weighted by Gasteiger charge is 2.37. The van der Waals surface area contributed by atoms with E-state index in [4.69, 9.17) is 14.2 Å². The molecule has 4 aromatic carbocycles. The van der Waals surface area contributed by atoms with Crippen LogP contribution in [0.2, 0.25) is 0 Å². The average molecular weight is 839 g/mol. The van der Waals surface area contributed by atoms with Gasteiger partial charge in [0.25, 0.3) is 11.8 Å². The molecule has 1 aliphatic heterocycles. The second-order valence-corrected chi connectivity index (χ2v) is 14.9. The Morgan fingerprint density at radius 3 is 1.84 bits per heavy atom. The van der Waals surface area contributed by atoms with Crippen LogP contribution in [0.4, 0.5) is 9.59 Å². The summed E-state index contributed by atoms with van der Waals surface area (Å²) in [6.07, 6.45) is 4.36. The molecule has 320 valence electrons. The number of H-pyrrole nitrogens is 2. The molecule has 2 aromatic heterocycles. The van der Waals surface area contributed by atoms with E-state index in [2.05, 4.69) is 30.6 Å². The third kappa shape index (κ3) is 9.78. The normalized spacial score (nSPS) is 14.9. The van der Waals surface area contributed by atoms with Gasteiger partial charge >= 0.3 is 12.2 Å². The van der Waals surface area contributed by atoms with Gasteiger partial charge in [0.05, 0.1) is 50.1 Å². The third-order valence-corrected chi connectivity index (χ3v) is 10.9. The summed E-state index contributed by atoms with van der Waals surface area (Å²) in [6.45, 7) is 4.89. The van der Waals surface area contributed by atoms with E-state index in [-0.39, 0.29) is 17.9 Å².